The van der Waals surface area contributed by atoms with Crippen LogP contribution >= 0.6 is 0 Å². The fourth-order valence-electron chi connectivity index (χ4n) is 1.66. The van der Waals surface area contributed by atoms with E-state index in [0.29, 0.717) is 13.0 Å². The van der Waals surface area contributed by atoms with Crippen molar-refractivity contribution in [3.63, 3.8) is 0 Å². The molecule has 0 bridgehead atoms. The van der Waals surface area contributed by atoms with Crippen LogP contribution in [0.1, 0.15) is 30.6 Å². The molecule has 1 atom stereocenters. The maximum absolute atomic E-state index is 11.5. The number of anilines is 1. The molecule has 0 spiro atoms. The molecule has 1 aromatic rings. The predicted octanol–water partition coefficient (Wildman–Crippen LogP) is 2.88. The first-order valence-electron chi connectivity index (χ1n) is 5.82. The Morgan fingerprint density at radius 3 is 2.47 bits per heavy atom. The van der Waals surface area contributed by atoms with Crippen LogP contribution in [-0.2, 0) is 0 Å². The lowest BCUT2D eigenvalue weighted by Gasteiger charge is -2.20. The second kappa shape index (κ2) is 6.05. The smallest absolute Gasteiger partial charge is 0.162 e. The minimum absolute atomic E-state index is 0.00282. The lowest BCUT2D eigenvalue weighted by molar-refractivity contribution is 0.0988. The van der Waals surface area contributed by atoms with Crippen LogP contribution in [0.25, 0.3) is 0 Å². The number of rotatable bonds is 5. The van der Waals surface area contributed by atoms with Crippen molar-refractivity contribution in [2.45, 2.75) is 20.3 Å². The summed E-state index contributed by atoms with van der Waals surface area (Å²) in [5, 5.41) is 8.76. The van der Waals surface area contributed by atoms with Crippen molar-refractivity contribution in [1.29, 1.82) is 5.26 Å². The number of nitrogens with zero attached hydrogens (tertiary/aromatic N) is 2. The number of hydrogen-bond acceptors (Lipinski definition) is 3. The molecule has 0 heterocycles. The number of carbonyl (C=O) groups excluding carboxylic acids is 1. The summed E-state index contributed by atoms with van der Waals surface area (Å²) in [5.74, 6) is 0.154. The van der Waals surface area contributed by atoms with Gasteiger partial charge in [0, 0.05) is 31.3 Å². The average Bonchev–Trinajstić information content (AvgIpc) is 2.37. The van der Waals surface area contributed by atoms with E-state index in [0.717, 1.165) is 11.3 Å². The molecule has 0 fully saturated rings. The van der Waals surface area contributed by atoms with E-state index in [1.165, 1.54) is 0 Å². The van der Waals surface area contributed by atoms with E-state index in [9.17, 15) is 4.79 Å². The van der Waals surface area contributed by atoms with E-state index >= 15 is 0 Å². The Labute approximate surface area is 103 Å². The van der Waals surface area contributed by atoms with Crippen molar-refractivity contribution in [1.82, 2.24) is 0 Å². The zero-order valence-corrected chi connectivity index (χ0v) is 10.6. The second-order valence-corrected chi connectivity index (χ2v) is 4.23. The van der Waals surface area contributed by atoms with Crippen LogP contribution < -0.4 is 4.90 Å². The standard InChI is InChI=1S/C14H18N2O/c1-4-14(17)12-5-7-13(8-6-12)16(3)10-11(2)9-15/h5-8,11H,4,10H2,1-3H3. The summed E-state index contributed by atoms with van der Waals surface area (Å²) in [7, 11) is 1.95. The predicted molar refractivity (Wildman–Crippen MR) is 69.1 cm³/mol. The summed E-state index contributed by atoms with van der Waals surface area (Å²) < 4.78 is 0. The average molecular weight is 230 g/mol. The third-order valence-electron chi connectivity index (χ3n) is 2.72. The molecule has 0 aliphatic rings. The Morgan fingerprint density at radius 2 is 2.00 bits per heavy atom. The van der Waals surface area contributed by atoms with Gasteiger partial charge in [-0.3, -0.25) is 4.79 Å². The molecule has 1 rings (SSSR count). The van der Waals surface area contributed by atoms with Gasteiger partial charge in [0.15, 0.2) is 5.78 Å². The molecular formula is C14H18N2O. The van der Waals surface area contributed by atoms with Crippen molar-refractivity contribution in [2.24, 2.45) is 5.92 Å². The minimum atomic E-state index is -0.00282. The van der Waals surface area contributed by atoms with Gasteiger partial charge in [0.25, 0.3) is 0 Å². The van der Waals surface area contributed by atoms with E-state index in [1.54, 1.807) is 0 Å². The highest BCUT2D eigenvalue weighted by Crippen LogP contribution is 2.15. The number of carbonyl (C=O) groups is 1. The Hall–Kier alpha value is -1.82. The topological polar surface area (TPSA) is 44.1 Å². The highest BCUT2D eigenvalue weighted by Gasteiger charge is 2.07. The van der Waals surface area contributed by atoms with E-state index in [2.05, 4.69) is 6.07 Å². The van der Waals surface area contributed by atoms with Gasteiger partial charge in [-0.2, -0.15) is 5.26 Å². The third-order valence-corrected chi connectivity index (χ3v) is 2.72. The summed E-state index contributed by atoms with van der Waals surface area (Å²) in [4.78, 5) is 13.5. The molecule has 0 radical (unpaired) electrons. The van der Waals surface area contributed by atoms with Gasteiger partial charge in [0.1, 0.15) is 0 Å². The number of ketones is 1. The Kier molecular flexibility index (Phi) is 4.71. The van der Waals surface area contributed by atoms with E-state index in [-0.39, 0.29) is 11.7 Å². The molecule has 1 unspecified atom stereocenters. The van der Waals surface area contributed by atoms with E-state index < -0.39 is 0 Å². The van der Waals surface area contributed by atoms with Crippen molar-refractivity contribution in [3.05, 3.63) is 29.8 Å². The zero-order chi connectivity index (χ0) is 12.8. The van der Waals surface area contributed by atoms with Gasteiger partial charge >= 0.3 is 0 Å². The molecule has 0 aliphatic heterocycles. The first-order valence-corrected chi connectivity index (χ1v) is 5.82. The van der Waals surface area contributed by atoms with Crippen LogP contribution in [0.4, 0.5) is 5.69 Å². The SMILES string of the molecule is CCC(=O)c1ccc(N(C)CC(C)C#N)cc1. The molecule has 0 N–H and O–H groups in total. The van der Waals surface area contributed by atoms with Crippen molar-refractivity contribution in [2.75, 3.05) is 18.5 Å². The van der Waals surface area contributed by atoms with Gasteiger partial charge in [0.05, 0.1) is 12.0 Å². The highest BCUT2D eigenvalue weighted by molar-refractivity contribution is 5.96. The maximum atomic E-state index is 11.5. The minimum Gasteiger partial charge on any atom is -0.373 e. The quantitative estimate of drug-likeness (QED) is 0.730. The molecule has 3 nitrogen and oxygen atoms in total. The largest absolute Gasteiger partial charge is 0.373 e. The van der Waals surface area contributed by atoms with Crippen LogP contribution in [-0.4, -0.2) is 19.4 Å². The molecule has 0 aliphatic carbocycles. The normalized spacial score (nSPS) is 11.6. The van der Waals surface area contributed by atoms with Gasteiger partial charge in [-0.15, -0.1) is 0 Å². The fraction of sp³-hybridized carbons (Fsp3) is 0.429. The monoisotopic (exact) mass is 230 g/mol. The van der Waals surface area contributed by atoms with Crippen LogP contribution in [0.15, 0.2) is 24.3 Å². The molecule has 0 saturated heterocycles. The lowest BCUT2D eigenvalue weighted by atomic mass is 10.1. The second-order valence-electron chi connectivity index (χ2n) is 4.23. The Balaban J connectivity index is 2.74. The van der Waals surface area contributed by atoms with Crippen molar-refractivity contribution in [3.8, 4) is 6.07 Å². The number of hydrogen-bond donors (Lipinski definition) is 0. The van der Waals surface area contributed by atoms with Crippen LogP contribution in [0.5, 0.6) is 0 Å². The first-order chi connectivity index (χ1) is 8.08. The van der Waals surface area contributed by atoms with Crippen LogP contribution in [0.2, 0.25) is 0 Å². The maximum Gasteiger partial charge on any atom is 0.162 e. The van der Waals surface area contributed by atoms with Crippen LogP contribution in [0.3, 0.4) is 0 Å². The van der Waals surface area contributed by atoms with Gasteiger partial charge in [-0.1, -0.05) is 6.92 Å². The molecule has 3 heteroatoms. The lowest BCUT2D eigenvalue weighted by Crippen LogP contribution is -2.23. The van der Waals surface area contributed by atoms with Gasteiger partial charge < -0.3 is 4.90 Å². The van der Waals surface area contributed by atoms with Crippen molar-refractivity contribution >= 4 is 11.5 Å². The molecule has 0 aromatic heterocycles. The molecule has 0 amide bonds. The van der Waals surface area contributed by atoms with Crippen LogP contribution in [0, 0.1) is 17.2 Å². The molecule has 0 saturated carbocycles. The van der Waals surface area contributed by atoms with E-state index in [4.69, 9.17) is 5.26 Å². The number of Topliss-reactive ketones (excluding diaryl/α,β-unsaturated/α-hetero) is 1. The number of benzene rings is 1. The molecule has 1 aromatic carbocycles. The molecule has 17 heavy (non-hydrogen) atoms. The highest BCUT2D eigenvalue weighted by atomic mass is 16.1. The number of nitriles is 1. The summed E-state index contributed by atoms with van der Waals surface area (Å²) in [5.41, 5.74) is 1.78. The Morgan fingerprint density at radius 1 is 1.41 bits per heavy atom. The van der Waals surface area contributed by atoms with Gasteiger partial charge in [0.2, 0.25) is 0 Å². The third kappa shape index (κ3) is 3.60. The first kappa shape index (κ1) is 13.2. The summed E-state index contributed by atoms with van der Waals surface area (Å²) in [6.45, 7) is 4.44. The molecule has 90 valence electrons. The Bertz CT molecular complexity index is 417. The zero-order valence-electron chi connectivity index (χ0n) is 10.6. The summed E-state index contributed by atoms with van der Waals surface area (Å²) in [6, 6.07) is 9.74. The summed E-state index contributed by atoms with van der Waals surface area (Å²) in [6.07, 6.45) is 0.528. The van der Waals surface area contributed by atoms with Gasteiger partial charge in [-0.05, 0) is 31.2 Å². The van der Waals surface area contributed by atoms with Crippen molar-refractivity contribution < 1.29 is 4.79 Å². The fourth-order valence-corrected chi connectivity index (χ4v) is 1.66. The summed E-state index contributed by atoms with van der Waals surface area (Å²) >= 11 is 0. The van der Waals surface area contributed by atoms with E-state index in [1.807, 2.05) is 50.1 Å². The molecular weight excluding hydrogens is 212 g/mol. The van der Waals surface area contributed by atoms with Gasteiger partial charge in [-0.25, -0.2) is 0 Å².